The van der Waals surface area contributed by atoms with Crippen molar-refractivity contribution in [2.75, 3.05) is 31.6 Å². The molecule has 1 aromatic rings. The van der Waals surface area contributed by atoms with Gasteiger partial charge in [-0.25, -0.2) is 4.79 Å². The normalized spacial score (nSPS) is 19.9. The predicted molar refractivity (Wildman–Crippen MR) is 68.7 cm³/mol. The number of rotatable bonds is 3. The van der Waals surface area contributed by atoms with Crippen molar-refractivity contribution in [1.82, 2.24) is 10.6 Å². The molecule has 0 saturated carbocycles. The molecule has 1 saturated heterocycles. The zero-order valence-corrected chi connectivity index (χ0v) is 10.6. The van der Waals surface area contributed by atoms with Crippen molar-refractivity contribution in [2.24, 2.45) is 0 Å². The van der Waals surface area contributed by atoms with Gasteiger partial charge in [0.25, 0.3) is 0 Å². The average Bonchev–Trinajstić information content (AvgIpc) is 2.74. The van der Waals surface area contributed by atoms with Gasteiger partial charge in [0.05, 0.1) is 18.4 Å². The van der Waals surface area contributed by atoms with Gasteiger partial charge in [0.1, 0.15) is 0 Å². The Balaban J connectivity index is 1.72. The molecule has 1 aliphatic heterocycles. The van der Waals surface area contributed by atoms with Gasteiger partial charge in [-0.2, -0.15) is 0 Å². The fraction of sp³-hybridized carbons (Fsp3) is 0.545. The maximum atomic E-state index is 11.6. The van der Waals surface area contributed by atoms with Crippen molar-refractivity contribution >= 4 is 23.1 Å². The Morgan fingerprint density at radius 1 is 1.65 bits per heavy atom. The van der Waals surface area contributed by atoms with Crippen molar-refractivity contribution in [3.05, 3.63) is 16.3 Å². The van der Waals surface area contributed by atoms with Crippen LogP contribution in [0.3, 0.4) is 0 Å². The van der Waals surface area contributed by atoms with Crippen molar-refractivity contribution < 1.29 is 9.53 Å². The highest BCUT2D eigenvalue weighted by Gasteiger charge is 2.14. The van der Waals surface area contributed by atoms with E-state index in [1.165, 1.54) is 0 Å². The third-order valence-electron chi connectivity index (χ3n) is 2.60. The number of amides is 2. The molecule has 2 amide bonds. The molecule has 0 bridgehead atoms. The minimum absolute atomic E-state index is 0.0677. The minimum atomic E-state index is -0.180. The second-order valence-electron chi connectivity index (χ2n) is 4.00. The Morgan fingerprint density at radius 3 is 3.18 bits per heavy atom. The monoisotopic (exact) mass is 255 g/mol. The number of morpholine rings is 1. The summed E-state index contributed by atoms with van der Waals surface area (Å²) >= 11 is 1.58. The Bertz CT molecular complexity index is 375. The van der Waals surface area contributed by atoms with Crippen LogP contribution >= 0.6 is 11.3 Å². The van der Waals surface area contributed by atoms with Gasteiger partial charge in [-0.3, -0.25) is 0 Å². The van der Waals surface area contributed by atoms with Crippen LogP contribution in [0.1, 0.15) is 5.56 Å². The zero-order chi connectivity index (χ0) is 12.1. The number of carbonyl (C=O) groups excluding carboxylic acids is 1. The molecule has 5 nitrogen and oxygen atoms in total. The van der Waals surface area contributed by atoms with E-state index in [0.29, 0.717) is 13.2 Å². The van der Waals surface area contributed by atoms with Gasteiger partial charge in [0, 0.05) is 25.0 Å². The first-order valence-electron chi connectivity index (χ1n) is 5.65. The number of nitrogens with one attached hydrogen (secondary N) is 3. The molecular weight excluding hydrogens is 238 g/mol. The maximum Gasteiger partial charge on any atom is 0.319 e. The highest BCUT2D eigenvalue weighted by molar-refractivity contribution is 7.08. The van der Waals surface area contributed by atoms with E-state index in [0.717, 1.165) is 24.3 Å². The lowest BCUT2D eigenvalue weighted by Gasteiger charge is -2.23. The van der Waals surface area contributed by atoms with Gasteiger partial charge >= 0.3 is 6.03 Å². The summed E-state index contributed by atoms with van der Waals surface area (Å²) in [6.07, 6.45) is 0.0677. The zero-order valence-electron chi connectivity index (χ0n) is 9.79. The summed E-state index contributed by atoms with van der Waals surface area (Å²) in [7, 11) is 0. The Kier molecular flexibility index (Phi) is 4.36. The SMILES string of the molecule is Cc1cscc1NC(=O)NCC1CNCCO1. The van der Waals surface area contributed by atoms with Crippen LogP contribution in [0.25, 0.3) is 0 Å². The fourth-order valence-electron chi connectivity index (χ4n) is 1.61. The van der Waals surface area contributed by atoms with E-state index in [4.69, 9.17) is 4.74 Å². The number of hydrogen-bond acceptors (Lipinski definition) is 4. The van der Waals surface area contributed by atoms with E-state index in [9.17, 15) is 4.79 Å². The lowest BCUT2D eigenvalue weighted by molar-refractivity contribution is 0.0310. The van der Waals surface area contributed by atoms with Crippen LogP contribution in [0.5, 0.6) is 0 Å². The van der Waals surface area contributed by atoms with E-state index >= 15 is 0 Å². The van der Waals surface area contributed by atoms with Crippen molar-refractivity contribution in [3.63, 3.8) is 0 Å². The molecule has 0 aromatic carbocycles. The average molecular weight is 255 g/mol. The molecule has 94 valence electrons. The molecule has 6 heteroatoms. The number of aryl methyl sites for hydroxylation is 1. The standard InChI is InChI=1S/C11H17N3O2S/c1-8-6-17-7-10(8)14-11(15)13-5-9-4-12-2-3-16-9/h6-7,9,12H,2-5H2,1H3,(H2,13,14,15). The Labute approximate surface area is 105 Å². The maximum absolute atomic E-state index is 11.6. The largest absolute Gasteiger partial charge is 0.374 e. The van der Waals surface area contributed by atoms with E-state index in [1.807, 2.05) is 17.7 Å². The molecule has 0 radical (unpaired) electrons. The van der Waals surface area contributed by atoms with Crippen molar-refractivity contribution in [1.29, 1.82) is 0 Å². The number of ether oxygens (including phenoxy) is 1. The van der Waals surface area contributed by atoms with Crippen LogP contribution in [-0.2, 0) is 4.74 Å². The first-order chi connectivity index (χ1) is 8.25. The Hall–Kier alpha value is -1.11. The van der Waals surface area contributed by atoms with Gasteiger partial charge in [0.15, 0.2) is 0 Å². The van der Waals surface area contributed by atoms with Crippen LogP contribution in [0.15, 0.2) is 10.8 Å². The molecular formula is C11H17N3O2S. The first kappa shape index (κ1) is 12.3. The van der Waals surface area contributed by atoms with Gasteiger partial charge in [0.2, 0.25) is 0 Å². The summed E-state index contributed by atoms with van der Waals surface area (Å²) < 4.78 is 5.48. The molecule has 2 heterocycles. The number of hydrogen-bond donors (Lipinski definition) is 3. The summed E-state index contributed by atoms with van der Waals surface area (Å²) in [6, 6.07) is -0.180. The first-order valence-corrected chi connectivity index (χ1v) is 6.60. The second kappa shape index (κ2) is 6.00. The summed E-state index contributed by atoms with van der Waals surface area (Å²) in [6.45, 7) is 4.88. The number of carbonyl (C=O) groups is 1. The molecule has 2 rings (SSSR count). The highest BCUT2D eigenvalue weighted by atomic mass is 32.1. The third-order valence-corrected chi connectivity index (χ3v) is 3.46. The van der Waals surface area contributed by atoms with Crippen LogP contribution < -0.4 is 16.0 Å². The van der Waals surface area contributed by atoms with Crippen LogP contribution in [0, 0.1) is 6.92 Å². The third kappa shape index (κ3) is 3.69. The lowest BCUT2D eigenvalue weighted by Crippen LogP contribution is -2.46. The van der Waals surface area contributed by atoms with Crippen LogP contribution in [0.4, 0.5) is 10.5 Å². The predicted octanol–water partition coefficient (Wildman–Crippen LogP) is 1.17. The van der Waals surface area contributed by atoms with E-state index < -0.39 is 0 Å². The van der Waals surface area contributed by atoms with Gasteiger partial charge < -0.3 is 20.7 Å². The molecule has 1 unspecified atom stereocenters. The molecule has 0 spiro atoms. The molecule has 0 aliphatic carbocycles. The van der Waals surface area contributed by atoms with Crippen molar-refractivity contribution in [3.8, 4) is 0 Å². The van der Waals surface area contributed by atoms with Crippen molar-refractivity contribution in [2.45, 2.75) is 13.0 Å². The molecule has 1 atom stereocenters. The molecule has 1 aliphatic rings. The molecule has 1 aromatic heterocycles. The molecule has 1 fully saturated rings. The number of thiophene rings is 1. The highest BCUT2D eigenvalue weighted by Crippen LogP contribution is 2.18. The second-order valence-corrected chi connectivity index (χ2v) is 4.74. The van der Waals surface area contributed by atoms with Gasteiger partial charge in [-0.15, -0.1) is 11.3 Å². The van der Waals surface area contributed by atoms with Gasteiger partial charge in [-0.05, 0) is 17.9 Å². The van der Waals surface area contributed by atoms with E-state index in [-0.39, 0.29) is 12.1 Å². The number of urea groups is 1. The van der Waals surface area contributed by atoms with Crippen LogP contribution in [-0.4, -0.2) is 38.4 Å². The number of anilines is 1. The topological polar surface area (TPSA) is 62.4 Å². The summed E-state index contributed by atoms with van der Waals surface area (Å²) in [4.78, 5) is 11.6. The van der Waals surface area contributed by atoms with E-state index in [2.05, 4.69) is 16.0 Å². The minimum Gasteiger partial charge on any atom is -0.374 e. The summed E-state index contributed by atoms with van der Waals surface area (Å²) in [5.74, 6) is 0. The van der Waals surface area contributed by atoms with E-state index in [1.54, 1.807) is 11.3 Å². The smallest absolute Gasteiger partial charge is 0.319 e. The Morgan fingerprint density at radius 2 is 2.53 bits per heavy atom. The lowest BCUT2D eigenvalue weighted by atomic mass is 10.3. The fourth-order valence-corrected chi connectivity index (χ4v) is 2.39. The summed E-state index contributed by atoms with van der Waals surface area (Å²) in [5.41, 5.74) is 1.95. The van der Waals surface area contributed by atoms with Gasteiger partial charge in [-0.1, -0.05) is 0 Å². The molecule has 3 N–H and O–H groups in total. The quantitative estimate of drug-likeness (QED) is 0.759. The summed E-state index contributed by atoms with van der Waals surface area (Å²) in [5, 5.41) is 12.8. The van der Waals surface area contributed by atoms with Crippen LogP contribution in [0.2, 0.25) is 0 Å². The molecule has 17 heavy (non-hydrogen) atoms.